The van der Waals surface area contributed by atoms with Gasteiger partial charge in [-0.2, -0.15) is 0 Å². The van der Waals surface area contributed by atoms with E-state index in [1.165, 1.54) is 51.4 Å². The van der Waals surface area contributed by atoms with Crippen molar-refractivity contribution in [2.24, 2.45) is 23.7 Å². The largest absolute Gasteiger partial charge is 0.362 e. The number of unbranched alkanes of at least 4 members (excludes halogenated alkanes) is 2. The van der Waals surface area contributed by atoms with Crippen molar-refractivity contribution in [3.63, 3.8) is 0 Å². The van der Waals surface area contributed by atoms with Crippen LogP contribution in [0.2, 0.25) is 0 Å². The fourth-order valence-electron chi connectivity index (χ4n) is 4.07. The third-order valence-electron chi connectivity index (χ3n) is 6.31. The Bertz CT molecular complexity index is 438. The summed E-state index contributed by atoms with van der Waals surface area (Å²) in [6, 6.07) is 0. The average Bonchev–Trinajstić information content (AvgIpc) is 2.72. The van der Waals surface area contributed by atoms with Crippen molar-refractivity contribution in [3.05, 3.63) is 0 Å². The molecule has 0 saturated carbocycles. The van der Waals surface area contributed by atoms with Crippen molar-refractivity contribution in [3.8, 4) is 0 Å². The summed E-state index contributed by atoms with van der Waals surface area (Å²) in [5, 5.41) is 5.77. The molecule has 0 bridgehead atoms. The van der Waals surface area contributed by atoms with Crippen LogP contribution in [-0.4, -0.2) is 38.1 Å². The van der Waals surface area contributed by atoms with Crippen LogP contribution in [0, 0.1) is 23.7 Å². The van der Waals surface area contributed by atoms with E-state index in [-0.39, 0.29) is 25.0 Å². The standard InChI is InChI=1S/C28H56N2O3/c1-23(2)13-11-17-25(5)15-7-9-19-29-27(31)21-33-22-28(32)30-20-10-8-16-26(6)18-12-14-24(3)4/h23-26H,7-22H2,1-6H3,(H,29,31)(H,30,32). The maximum Gasteiger partial charge on any atom is 0.246 e. The Labute approximate surface area is 205 Å². The monoisotopic (exact) mass is 468 g/mol. The van der Waals surface area contributed by atoms with Gasteiger partial charge in [0.1, 0.15) is 13.2 Å². The van der Waals surface area contributed by atoms with Gasteiger partial charge in [-0.15, -0.1) is 0 Å². The summed E-state index contributed by atoms with van der Waals surface area (Å²) in [5.41, 5.74) is 0. The number of amides is 2. The molecule has 5 nitrogen and oxygen atoms in total. The van der Waals surface area contributed by atoms with Gasteiger partial charge < -0.3 is 15.4 Å². The normalized spacial score (nSPS) is 13.3. The van der Waals surface area contributed by atoms with Crippen molar-refractivity contribution < 1.29 is 14.3 Å². The summed E-state index contributed by atoms with van der Waals surface area (Å²) in [6.45, 7) is 15.0. The fourth-order valence-corrected chi connectivity index (χ4v) is 4.07. The molecule has 0 spiro atoms. The minimum atomic E-state index is -0.140. The van der Waals surface area contributed by atoms with Gasteiger partial charge in [0, 0.05) is 13.1 Å². The number of carbonyl (C=O) groups excluding carboxylic acids is 2. The molecule has 0 radical (unpaired) electrons. The summed E-state index contributed by atoms with van der Waals surface area (Å²) >= 11 is 0. The van der Waals surface area contributed by atoms with E-state index in [4.69, 9.17) is 4.74 Å². The maximum atomic E-state index is 11.8. The molecule has 0 aromatic heterocycles. The first-order chi connectivity index (χ1) is 15.7. The third kappa shape index (κ3) is 23.8. The van der Waals surface area contributed by atoms with E-state index in [1.54, 1.807) is 0 Å². The van der Waals surface area contributed by atoms with Crippen LogP contribution in [0.3, 0.4) is 0 Å². The molecule has 33 heavy (non-hydrogen) atoms. The molecule has 0 heterocycles. The number of carbonyl (C=O) groups is 2. The molecule has 0 rings (SSSR count). The molecule has 2 unspecified atom stereocenters. The SMILES string of the molecule is CC(C)CCCC(C)CCCCNC(=O)COCC(=O)NCCCCC(C)CCCC(C)C. The molecular weight excluding hydrogens is 412 g/mol. The van der Waals surface area contributed by atoms with Gasteiger partial charge in [-0.05, 0) is 36.5 Å². The highest BCUT2D eigenvalue weighted by Gasteiger charge is 2.07. The zero-order chi connectivity index (χ0) is 24.9. The summed E-state index contributed by atoms with van der Waals surface area (Å²) in [5.74, 6) is 2.84. The van der Waals surface area contributed by atoms with Crippen LogP contribution in [0.15, 0.2) is 0 Å². The van der Waals surface area contributed by atoms with Gasteiger partial charge in [-0.25, -0.2) is 0 Å². The molecule has 0 aromatic carbocycles. The number of hydrogen-bond acceptors (Lipinski definition) is 3. The first kappa shape index (κ1) is 31.9. The van der Waals surface area contributed by atoms with Gasteiger partial charge >= 0.3 is 0 Å². The fraction of sp³-hybridized carbons (Fsp3) is 0.929. The molecule has 0 aliphatic heterocycles. The van der Waals surface area contributed by atoms with Gasteiger partial charge in [0.15, 0.2) is 0 Å². The maximum absolute atomic E-state index is 11.8. The molecule has 0 aliphatic carbocycles. The minimum absolute atomic E-state index is 0.0487. The first-order valence-electron chi connectivity index (χ1n) is 13.8. The topological polar surface area (TPSA) is 67.4 Å². The average molecular weight is 469 g/mol. The molecule has 0 saturated heterocycles. The molecule has 0 aliphatic rings. The highest BCUT2D eigenvalue weighted by atomic mass is 16.5. The lowest BCUT2D eigenvalue weighted by atomic mass is 9.95. The van der Waals surface area contributed by atoms with E-state index in [0.717, 1.165) is 49.4 Å². The van der Waals surface area contributed by atoms with E-state index in [0.29, 0.717) is 13.1 Å². The van der Waals surface area contributed by atoms with Crippen LogP contribution >= 0.6 is 0 Å². The van der Waals surface area contributed by atoms with Crippen molar-refractivity contribution in [2.75, 3.05) is 26.3 Å². The Morgan fingerprint density at radius 1 is 0.545 bits per heavy atom. The predicted octanol–water partition coefficient (Wildman–Crippen LogP) is 6.50. The summed E-state index contributed by atoms with van der Waals surface area (Å²) in [4.78, 5) is 23.7. The van der Waals surface area contributed by atoms with E-state index in [9.17, 15) is 9.59 Å². The van der Waals surface area contributed by atoms with Gasteiger partial charge in [0.05, 0.1) is 0 Å². The smallest absolute Gasteiger partial charge is 0.246 e. The van der Waals surface area contributed by atoms with Gasteiger partial charge in [0.2, 0.25) is 11.8 Å². The molecular formula is C28H56N2O3. The van der Waals surface area contributed by atoms with E-state index in [1.807, 2.05) is 0 Å². The number of rotatable bonds is 22. The first-order valence-corrected chi connectivity index (χ1v) is 13.8. The number of nitrogens with one attached hydrogen (secondary N) is 2. The van der Waals surface area contributed by atoms with Crippen molar-refractivity contribution in [1.29, 1.82) is 0 Å². The molecule has 0 aromatic rings. The molecule has 2 N–H and O–H groups in total. The van der Waals surface area contributed by atoms with Gasteiger partial charge in [-0.3, -0.25) is 9.59 Å². The van der Waals surface area contributed by atoms with Crippen LogP contribution in [0.4, 0.5) is 0 Å². The lowest BCUT2D eigenvalue weighted by Gasteiger charge is -2.12. The van der Waals surface area contributed by atoms with Crippen molar-refractivity contribution >= 4 is 11.8 Å². The van der Waals surface area contributed by atoms with Gasteiger partial charge in [-0.1, -0.05) is 106 Å². The Balaban J connectivity index is 3.51. The van der Waals surface area contributed by atoms with E-state index >= 15 is 0 Å². The number of ether oxygens (including phenoxy) is 1. The van der Waals surface area contributed by atoms with Crippen LogP contribution in [0.1, 0.15) is 119 Å². The molecule has 5 heteroatoms. The number of hydrogen-bond donors (Lipinski definition) is 2. The van der Waals surface area contributed by atoms with Gasteiger partial charge in [0.25, 0.3) is 0 Å². The Morgan fingerprint density at radius 3 is 1.27 bits per heavy atom. The lowest BCUT2D eigenvalue weighted by Crippen LogP contribution is -2.32. The highest BCUT2D eigenvalue weighted by molar-refractivity contribution is 5.79. The van der Waals surface area contributed by atoms with Crippen molar-refractivity contribution in [2.45, 2.75) is 119 Å². The van der Waals surface area contributed by atoms with E-state index < -0.39 is 0 Å². The zero-order valence-electron chi connectivity index (χ0n) is 22.8. The summed E-state index contributed by atoms with van der Waals surface area (Å²) in [7, 11) is 0. The molecule has 196 valence electrons. The Hall–Kier alpha value is -1.10. The molecule has 0 fully saturated rings. The zero-order valence-corrected chi connectivity index (χ0v) is 22.8. The van der Waals surface area contributed by atoms with Crippen LogP contribution < -0.4 is 10.6 Å². The molecule has 2 atom stereocenters. The van der Waals surface area contributed by atoms with E-state index in [2.05, 4.69) is 52.2 Å². The van der Waals surface area contributed by atoms with Crippen molar-refractivity contribution in [1.82, 2.24) is 10.6 Å². The second-order valence-corrected chi connectivity index (χ2v) is 11.0. The minimum Gasteiger partial charge on any atom is -0.362 e. The van der Waals surface area contributed by atoms with Crippen LogP contribution in [0.25, 0.3) is 0 Å². The second-order valence-electron chi connectivity index (χ2n) is 11.0. The Kier molecular flexibility index (Phi) is 20.7. The Morgan fingerprint density at radius 2 is 0.909 bits per heavy atom. The predicted molar refractivity (Wildman–Crippen MR) is 140 cm³/mol. The summed E-state index contributed by atoms with van der Waals surface area (Å²) in [6.07, 6.45) is 14.6. The lowest BCUT2D eigenvalue weighted by molar-refractivity contribution is -0.130. The summed E-state index contributed by atoms with van der Waals surface area (Å²) < 4.78 is 5.25. The third-order valence-corrected chi connectivity index (χ3v) is 6.31. The quantitative estimate of drug-likeness (QED) is 0.178. The second kappa shape index (κ2) is 21.4. The van der Waals surface area contributed by atoms with Crippen LogP contribution in [0.5, 0.6) is 0 Å². The molecule has 2 amide bonds. The van der Waals surface area contributed by atoms with Crippen LogP contribution in [-0.2, 0) is 14.3 Å². The highest BCUT2D eigenvalue weighted by Crippen LogP contribution is 2.18.